The molecule has 0 saturated carbocycles. The number of hydrogen-bond acceptors (Lipinski definition) is 5. The van der Waals surface area contributed by atoms with Crippen molar-refractivity contribution >= 4 is 5.69 Å². The van der Waals surface area contributed by atoms with Crippen LogP contribution in [-0.4, -0.2) is 16.6 Å². The SMILES string of the molecule is COc1ccn(-c2c(F)cc([N+](=O)[O-])cc2F)c(=O)c1C#N. The maximum Gasteiger partial charge on any atom is 0.277 e. The highest BCUT2D eigenvalue weighted by molar-refractivity contribution is 5.47. The number of hydrogen-bond donors (Lipinski definition) is 0. The smallest absolute Gasteiger partial charge is 0.277 e. The number of nitro groups is 1. The predicted octanol–water partition coefficient (Wildman–Crippen LogP) is 1.90. The number of pyridine rings is 1. The Morgan fingerprint density at radius 2 is 1.95 bits per heavy atom. The van der Waals surface area contributed by atoms with Gasteiger partial charge in [-0.1, -0.05) is 0 Å². The standard InChI is InChI=1S/C13H7F2N3O4/c1-22-11-2-3-17(13(19)8(11)6-16)12-9(14)4-7(18(20)21)5-10(12)15/h2-5H,1H3. The average molecular weight is 307 g/mol. The number of halogens is 2. The number of benzene rings is 1. The average Bonchev–Trinajstić information content (AvgIpc) is 2.47. The lowest BCUT2D eigenvalue weighted by Gasteiger charge is -2.10. The van der Waals surface area contributed by atoms with Crippen LogP contribution in [-0.2, 0) is 0 Å². The van der Waals surface area contributed by atoms with Gasteiger partial charge in [-0.05, 0) is 6.07 Å². The van der Waals surface area contributed by atoms with Gasteiger partial charge in [0.05, 0.1) is 24.2 Å². The predicted molar refractivity (Wildman–Crippen MR) is 69.9 cm³/mol. The number of ether oxygens (including phenoxy) is 1. The van der Waals surface area contributed by atoms with E-state index in [9.17, 15) is 23.7 Å². The molecule has 2 rings (SSSR count). The van der Waals surface area contributed by atoms with Gasteiger partial charge in [-0.25, -0.2) is 8.78 Å². The molecule has 0 N–H and O–H groups in total. The summed E-state index contributed by atoms with van der Waals surface area (Å²) in [5.41, 5.74) is -3.05. The maximum absolute atomic E-state index is 13.9. The van der Waals surface area contributed by atoms with Crippen LogP contribution in [0.2, 0.25) is 0 Å². The number of nitrogens with zero attached hydrogens (tertiary/aromatic N) is 3. The second-order valence-corrected chi connectivity index (χ2v) is 4.06. The summed E-state index contributed by atoms with van der Waals surface area (Å²) in [4.78, 5) is 21.7. The van der Waals surface area contributed by atoms with Gasteiger partial charge in [0.2, 0.25) is 0 Å². The first-order chi connectivity index (χ1) is 10.4. The van der Waals surface area contributed by atoms with Crippen molar-refractivity contribution in [1.29, 1.82) is 5.26 Å². The van der Waals surface area contributed by atoms with Crippen LogP contribution in [0.3, 0.4) is 0 Å². The van der Waals surface area contributed by atoms with Gasteiger partial charge in [0.15, 0.2) is 17.2 Å². The highest BCUT2D eigenvalue weighted by atomic mass is 19.1. The first-order valence-corrected chi connectivity index (χ1v) is 5.74. The summed E-state index contributed by atoms with van der Waals surface area (Å²) < 4.78 is 33.2. The van der Waals surface area contributed by atoms with Crippen molar-refractivity contribution in [2.45, 2.75) is 0 Å². The van der Waals surface area contributed by atoms with Crippen molar-refractivity contribution < 1.29 is 18.4 Å². The maximum atomic E-state index is 13.9. The molecule has 0 unspecified atom stereocenters. The molecule has 2 aromatic rings. The van der Waals surface area contributed by atoms with Gasteiger partial charge in [0.1, 0.15) is 17.5 Å². The van der Waals surface area contributed by atoms with Gasteiger partial charge in [-0.2, -0.15) is 5.26 Å². The van der Waals surface area contributed by atoms with Crippen LogP contribution in [0.4, 0.5) is 14.5 Å². The van der Waals surface area contributed by atoms with E-state index in [0.29, 0.717) is 16.7 Å². The molecule has 7 nitrogen and oxygen atoms in total. The largest absolute Gasteiger partial charge is 0.495 e. The molecule has 0 aliphatic heterocycles. The Morgan fingerprint density at radius 3 is 2.41 bits per heavy atom. The van der Waals surface area contributed by atoms with E-state index in [0.717, 1.165) is 6.20 Å². The minimum Gasteiger partial charge on any atom is -0.495 e. The zero-order valence-electron chi connectivity index (χ0n) is 11.0. The fourth-order valence-corrected chi connectivity index (χ4v) is 1.86. The third-order valence-electron chi connectivity index (χ3n) is 2.84. The van der Waals surface area contributed by atoms with E-state index >= 15 is 0 Å². The molecule has 0 fully saturated rings. The number of nitriles is 1. The van der Waals surface area contributed by atoms with Gasteiger partial charge < -0.3 is 4.74 Å². The first kappa shape index (κ1) is 15.1. The molecule has 0 aliphatic rings. The molecule has 0 amide bonds. The molecule has 1 aromatic heterocycles. The summed E-state index contributed by atoms with van der Waals surface area (Å²) in [6.07, 6.45) is 1.01. The van der Waals surface area contributed by atoms with Crippen LogP contribution in [0.25, 0.3) is 5.69 Å². The minimum atomic E-state index is -1.30. The summed E-state index contributed by atoms with van der Waals surface area (Å²) in [5, 5.41) is 19.5. The summed E-state index contributed by atoms with van der Waals surface area (Å²) >= 11 is 0. The number of aromatic nitrogens is 1. The second-order valence-electron chi connectivity index (χ2n) is 4.06. The number of rotatable bonds is 3. The number of non-ortho nitro benzene ring substituents is 1. The Labute approximate surface area is 121 Å². The molecule has 0 bridgehead atoms. The Kier molecular flexibility index (Phi) is 3.85. The summed E-state index contributed by atoms with van der Waals surface area (Å²) in [6, 6.07) is 3.74. The second kappa shape index (κ2) is 5.61. The summed E-state index contributed by atoms with van der Waals surface area (Å²) in [6.45, 7) is 0. The highest BCUT2D eigenvalue weighted by Gasteiger charge is 2.21. The Bertz CT molecular complexity index is 848. The van der Waals surface area contributed by atoms with E-state index < -0.39 is 39.1 Å². The van der Waals surface area contributed by atoms with Crippen molar-refractivity contribution in [3.8, 4) is 17.5 Å². The normalized spacial score (nSPS) is 10.1. The highest BCUT2D eigenvalue weighted by Crippen LogP contribution is 2.24. The van der Waals surface area contributed by atoms with Crippen LogP contribution < -0.4 is 10.3 Å². The van der Waals surface area contributed by atoms with Crippen LogP contribution >= 0.6 is 0 Å². The van der Waals surface area contributed by atoms with Crippen molar-refractivity contribution in [2.24, 2.45) is 0 Å². The molecule has 0 atom stereocenters. The summed E-state index contributed by atoms with van der Waals surface area (Å²) in [7, 11) is 1.23. The zero-order chi connectivity index (χ0) is 16.4. The molecule has 0 spiro atoms. The van der Waals surface area contributed by atoms with Gasteiger partial charge in [-0.15, -0.1) is 0 Å². The lowest BCUT2D eigenvalue weighted by atomic mass is 10.2. The van der Waals surface area contributed by atoms with Crippen LogP contribution in [0, 0.1) is 33.1 Å². The Hall–Kier alpha value is -3.28. The zero-order valence-corrected chi connectivity index (χ0v) is 11.0. The fraction of sp³-hybridized carbons (Fsp3) is 0.0769. The fourth-order valence-electron chi connectivity index (χ4n) is 1.86. The van der Waals surface area contributed by atoms with Crippen molar-refractivity contribution in [2.75, 3.05) is 7.11 Å². The quantitative estimate of drug-likeness (QED) is 0.637. The van der Waals surface area contributed by atoms with Crippen molar-refractivity contribution in [3.63, 3.8) is 0 Å². The lowest BCUT2D eigenvalue weighted by Crippen LogP contribution is -2.23. The molecule has 1 aromatic carbocycles. The monoisotopic (exact) mass is 307 g/mol. The number of methoxy groups -OCH3 is 1. The van der Waals surface area contributed by atoms with Crippen LogP contribution in [0.5, 0.6) is 5.75 Å². The molecule has 0 aliphatic carbocycles. The van der Waals surface area contributed by atoms with E-state index in [1.165, 1.54) is 13.2 Å². The van der Waals surface area contributed by atoms with Crippen LogP contribution in [0.15, 0.2) is 29.2 Å². The molecule has 1 heterocycles. The third-order valence-corrected chi connectivity index (χ3v) is 2.84. The van der Waals surface area contributed by atoms with Crippen molar-refractivity contribution in [3.05, 3.63) is 62.1 Å². The molecule has 0 saturated heterocycles. The molecule has 0 radical (unpaired) electrons. The Morgan fingerprint density at radius 1 is 1.36 bits per heavy atom. The van der Waals surface area contributed by atoms with Crippen LogP contribution in [0.1, 0.15) is 5.56 Å². The van der Waals surface area contributed by atoms with E-state index in [4.69, 9.17) is 10.00 Å². The molecule has 112 valence electrons. The van der Waals surface area contributed by atoms with Gasteiger partial charge in [0.25, 0.3) is 11.2 Å². The molecule has 22 heavy (non-hydrogen) atoms. The lowest BCUT2D eigenvalue weighted by molar-refractivity contribution is -0.385. The van der Waals surface area contributed by atoms with Gasteiger partial charge in [0, 0.05) is 6.20 Å². The van der Waals surface area contributed by atoms with E-state index in [-0.39, 0.29) is 5.75 Å². The minimum absolute atomic E-state index is 0.0496. The topological polar surface area (TPSA) is 98.2 Å². The molecule has 9 heteroatoms. The van der Waals surface area contributed by atoms with Gasteiger partial charge >= 0.3 is 0 Å². The molecular weight excluding hydrogens is 300 g/mol. The van der Waals surface area contributed by atoms with E-state index in [2.05, 4.69) is 0 Å². The van der Waals surface area contributed by atoms with E-state index in [1.54, 1.807) is 6.07 Å². The third kappa shape index (κ3) is 2.37. The van der Waals surface area contributed by atoms with Gasteiger partial charge in [-0.3, -0.25) is 19.5 Å². The molecular formula is C13H7F2N3O4. The number of nitro benzene ring substituents is 1. The van der Waals surface area contributed by atoms with E-state index in [1.807, 2.05) is 0 Å². The first-order valence-electron chi connectivity index (χ1n) is 5.74. The Balaban J connectivity index is 2.76. The summed E-state index contributed by atoms with van der Waals surface area (Å²) in [5.74, 6) is -2.66. The van der Waals surface area contributed by atoms with Crippen molar-refractivity contribution in [1.82, 2.24) is 4.57 Å².